The summed E-state index contributed by atoms with van der Waals surface area (Å²) in [7, 11) is 0. The molecule has 1 aromatic rings. The Balaban J connectivity index is 0.00000300. The van der Waals surface area contributed by atoms with Crippen LogP contribution in [-0.2, 0) is 0 Å². The van der Waals surface area contributed by atoms with Crippen molar-refractivity contribution in [3.63, 3.8) is 0 Å². The van der Waals surface area contributed by atoms with Crippen molar-refractivity contribution in [2.45, 2.75) is 63.5 Å². The van der Waals surface area contributed by atoms with Crippen LogP contribution in [0.5, 0.6) is 0 Å². The first-order chi connectivity index (χ1) is 13.6. The van der Waals surface area contributed by atoms with Gasteiger partial charge in [-0.3, -0.25) is 4.99 Å². The number of guanidine groups is 1. The minimum atomic E-state index is -0.648. The Morgan fingerprint density at radius 1 is 1.28 bits per heavy atom. The highest BCUT2D eigenvalue weighted by molar-refractivity contribution is 14.0. The molecule has 1 aromatic carbocycles. The molecule has 0 spiro atoms. The number of nitrogens with one attached hydrogen (secondary N) is 2. The summed E-state index contributed by atoms with van der Waals surface area (Å²) >= 11 is 0. The number of aliphatic imine (C=N–C) groups is 1. The minimum absolute atomic E-state index is 0. The van der Waals surface area contributed by atoms with Crippen molar-refractivity contribution >= 4 is 35.6 Å². The van der Waals surface area contributed by atoms with Crippen LogP contribution in [0.3, 0.4) is 0 Å². The molecule has 29 heavy (non-hydrogen) atoms. The van der Waals surface area contributed by atoms with Crippen molar-refractivity contribution in [2.24, 2.45) is 4.99 Å². The molecule has 160 valence electrons. The summed E-state index contributed by atoms with van der Waals surface area (Å²) in [5, 5.41) is 27.0. The second-order valence-electron chi connectivity index (χ2n) is 8.04. The quantitative estimate of drug-likeness (QED) is 0.321. The number of hydrogen-bond acceptors (Lipinski definition) is 4. The molecule has 0 aromatic heterocycles. The average molecular weight is 511 g/mol. The first kappa shape index (κ1) is 23.7. The van der Waals surface area contributed by atoms with E-state index in [4.69, 9.17) is 4.99 Å². The van der Waals surface area contributed by atoms with Crippen molar-refractivity contribution in [1.29, 1.82) is 5.26 Å². The van der Waals surface area contributed by atoms with Gasteiger partial charge in [-0.15, -0.1) is 24.0 Å². The first-order valence-corrected chi connectivity index (χ1v) is 10.6. The van der Waals surface area contributed by atoms with E-state index in [1.165, 1.54) is 6.42 Å². The minimum Gasteiger partial charge on any atom is -0.388 e. The number of piperidine rings is 1. The highest BCUT2D eigenvalue weighted by Crippen LogP contribution is 2.28. The normalized spacial score (nSPS) is 21.6. The van der Waals surface area contributed by atoms with Crippen LogP contribution in [0.1, 0.15) is 57.4 Å². The maximum Gasteiger partial charge on any atom is 0.191 e. The molecule has 1 saturated carbocycles. The monoisotopic (exact) mass is 511 g/mol. The van der Waals surface area contributed by atoms with Gasteiger partial charge in [0.25, 0.3) is 0 Å². The fourth-order valence-corrected chi connectivity index (χ4v) is 4.27. The molecule has 0 bridgehead atoms. The maximum atomic E-state index is 10.7. The van der Waals surface area contributed by atoms with E-state index in [1.54, 1.807) is 0 Å². The van der Waals surface area contributed by atoms with Gasteiger partial charge in [0.2, 0.25) is 0 Å². The molecule has 2 fully saturated rings. The Kier molecular flexibility index (Phi) is 9.50. The molecule has 3 rings (SSSR count). The number of hydrogen-bond donors (Lipinski definition) is 3. The lowest BCUT2D eigenvalue weighted by atomic mass is 9.85. The van der Waals surface area contributed by atoms with Crippen molar-refractivity contribution in [2.75, 3.05) is 31.1 Å². The third-order valence-electron chi connectivity index (χ3n) is 5.79. The van der Waals surface area contributed by atoms with E-state index in [0.717, 1.165) is 75.4 Å². The Bertz CT molecular complexity index is 711. The Labute approximate surface area is 191 Å². The van der Waals surface area contributed by atoms with E-state index in [-0.39, 0.29) is 30.0 Å². The summed E-state index contributed by atoms with van der Waals surface area (Å²) in [4.78, 5) is 7.00. The molecule has 1 unspecified atom stereocenters. The van der Waals surface area contributed by atoms with E-state index >= 15 is 0 Å². The van der Waals surface area contributed by atoms with Crippen molar-refractivity contribution < 1.29 is 5.11 Å². The Hall–Kier alpha value is -1.53. The van der Waals surface area contributed by atoms with E-state index in [2.05, 4.69) is 28.5 Å². The number of benzene rings is 1. The third kappa shape index (κ3) is 6.75. The van der Waals surface area contributed by atoms with Gasteiger partial charge in [0.15, 0.2) is 5.96 Å². The second kappa shape index (κ2) is 11.6. The second-order valence-corrected chi connectivity index (χ2v) is 8.04. The summed E-state index contributed by atoms with van der Waals surface area (Å²) < 4.78 is 0. The zero-order valence-electron chi connectivity index (χ0n) is 17.4. The molecule has 3 N–H and O–H groups in total. The van der Waals surface area contributed by atoms with E-state index < -0.39 is 5.60 Å². The smallest absolute Gasteiger partial charge is 0.191 e. The molecule has 1 saturated heterocycles. The fourth-order valence-electron chi connectivity index (χ4n) is 4.27. The van der Waals surface area contributed by atoms with Crippen LogP contribution in [0.15, 0.2) is 29.3 Å². The summed E-state index contributed by atoms with van der Waals surface area (Å²) in [6.07, 6.45) is 7.22. The van der Waals surface area contributed by atoms with Gasteiger partial charge >= 0.3 is 0 Å². The predicted molar refractivity (Wildman–Crippen MR) is 129 cm³/mol. The molecule has 1 aliphatic heterocycles. The van der Waals surface area contributed by atoms with E-state index in [0.29, 0.717) is 6.54 Å². The van der Waals surface area contributed by atoms with E-state index in [1.807, 2.05) is 24.3 Å². The van der Waals surface area contributed by atoms with Crippen LogP contribution in [0.25, 0.3) is 0 Å². The van der Waals surface area contributed by atoms with Gasteiger partial charge in [-0.2, -0.15) is 5.26 Å². The lowest BCUT2D eigenvalue weighted by Gasteiger charge is -2.36. The predicted octanol–water partition coefficient (Wildman–Crippen LogP) is 3.40. The lowest BCUT2D eigenvalue weighted by molar-refractivity contribution is 0.0131. The largest absolute Gasteiger partial charge is 0.388 e. The van der Waals surface area contributed by atoms with Gasteiger partial charge in [0.1, 0.15) is 6.07 Å². The molecular weight excluding hydrogens is 477 g/mol. The van der Waals surface area contributed by atoms with Crippen LogP contribution in [0, 0.1) is 11.3 Å². The molecule has 7 heteroatoms. The van der Waals surface area contributed by atoms with Crippen molar-refractivity contribution in [3.8, 4) is 6.07 Å². The maximum absolute atomic E-state index is 10.7. The van der Waals surface area contributed by atoms with Gasteiger partial charge in [-0.25, -0.2) is 0 Å². The summed E-state index contributed by atoms with van der Waals surface area (Å²) in [6.45, 7) is 5.11. The summed E-state index contributed by atoms with van der Waals surface area (Å²) in [6, 6.07) is 10.4. The van der Waals surface area contributed by atoms with Gasteiger partial charge in [0.05, 0.1) is 23.4 Å². The van der Waals surface area contributed by atoms with Crippen LogP contribution in [-0.4, -0.2) is 48.9 Å². The summed E-state index contributed by atoms with van der Waals surface area (Å²) in [5.74, 6) is 0.780. The van der Waals surface area contributed by atoms with Crippen LogP contribution < -0.4 is 15.5 Å². The zero-order chi connectivity index (χ0) is 19.8. The number of halogens is 1. The van der Waals surface area contributed by atoms with Crippen LogP contribution >= 0.6 is 24.0 Å². The molecule has 1 aliphatic carbocycles. The van der Waals surface area contributed by atoms with Crippen molar-refractivity contribution in [1.82, 2.24) is 10.6 Å². The molecular formula is C22H34IN5O. The van der Waals surface area contributed by atoms with Crippen LogP contribution in [0.4, 0.5) is 5.69 Å². The van der Waals surface area contributed by atoms with Gasteiger partial charge in [-0.05, 0) is 44.7 Å². The molecule has 0 amide bonds. The average Bonchev–Trinajstić information content (AvgIpc) is 2.73. The molecule has 0 radical (unpaired) electrons. The third-order valence-corrected chi connectivity index (χ3v) is 5.79. The molecule has 1 heterocycles. The fraction of sp³-hybridized carbons (Fsp3) is 0.636. The van der Waals surface area contributed by atoms with E-state index in [9.17, 15) is 10.4 Å². The SMILES string of the molecule is CCNC(=NCC1(O)CCCCC1)NC1CCCN(c2ccccc2C#N)C1.I. The number of nitrogens with zero attached hydrogens (tertiary/aromatic N) is 3. The topological polar surface area (TPSA) is 83.7 Å². The van der Waals surface area contributed by atoms with Crippen LogP contribution in [0.2, 0.25) is 0 Å². The van der Waals surface area contributed by atoms with Gasteiger partial charge in [-0.1, -0.05) is 31.4 Å². The highest BCUT2D eigenvalue weighted by Gasteiger charge is 2.29. The Morgan fingerprint density at radius 2 is 2.03 bits per heavy atom. The van der Waals surface area contributed by atoms with Gasteiger partial charge < -0.3 is 20.6 Å². The number of aliphatic hydroxyl groups is 1. The highest BCUT2D eigenvalue weighted by atomic mass is 127. The zero-order valence-corrected chi connectivity index (χ0v) is 19.7. The number of rotatable bonds is 5. The molecule has 6 nitrogen and oxygen atoms in total. The molecule has 2 aliphatic rings. The number of para-hydroxylation sites is 1. The lowest BCUT2D eigenvalue weighted by Crippen LogP contribution is -2.52. The number of anilines is 1. The standard InChI is InChI=1S/C22H33N5O.HI/c1-2-24-21(25-17-22(28)12-6-3-7-13-22)26-19-10-8-14-27(16-19)20-11-5-4-9-18(20)15-23;/h4-5,9,11,19,28H,2-3,6-8,10,12-14,16-17H2,1H3,(H2,24,25,26);1H. The summed E-state index contributed by atoms with van der Waals surface area (Å²) in [5.41, 5.74) is 1.09. The first-order valence-electron chi connectivity index (χ1n) is 10.6. The van der Waals surface area contributed by atoms with Gasteiger partial charge in [0, 0.05) is 25.7 Å². The molecule has 1 atom stereocenters. The van der Waals surface area contributed by atoms with Crippen molar-refractivity contribution in [3.05, 3.63) is 29.8 Å². The Morgan fingerprint density at radius 3 is 2.76 bits per heavy atom. The number of nitriles is 1.